The number of urea groups is 1. The maximum absolute atomic E-state index is 13.7. The van der Waals surface area contributed by atoms with Crippen LogP contribution in [0.15, 0.2) is 30.3 Å². The highest BCUT2D eigenvalue weighted by Crippen LogP contribution is 2.49. The minimum atomic E-state index is -2.92. The molecular formula is C29H44N4O4S. The Labute approximate surface area is 228 Å². The molecule has 0 aromatic heterocycles. The summed E-state index contributed by atoms with van der Waals surface area (Å²) in [6.45, 7) is 1.96. The molecule has 9 heteroatoms. The summed E-state index contributed by atoms with van der Waals surface area (Å²) in [5, 5.41) is 2.99. The van der Waals surface area contributed by atoms with Crippen molar-refractivity contribution in [1.29, 1.82) is 0 Å². The van der Waals surface area contributed by atoms with Gasteiger partial charge in [0.15, 0.2) is 0 Å². The molecule has 4 fully saturated rings. The third kappa shape index (κ3) is 5.46. The van der Waals surface area contributed by atoms with Crippen LogP contribution in [-0.2, 0) is 20.2 Å². The molecule has 210 valence electrons. The van der Waals surface area contributed by atoms with E-state index in [1.165, 1.54) is 24.8 Å². The Balaban J connectivity index is 1.26. The van der Waals surface area contributed by atoms with Crippen molar-refractivity contribution in [3.63, 3.8) is 0 Å². The Morgan fingerprint density at radius 2 is 1.66 bits per heavy atom. The first-order valence-corrected chi connectivity index (χ1v) is 16.2. The van der Waals surface area contributed by atoms with Crippen molar-refractivity contribution in [3.05, 3.63) is 35.9 Å². The first kappa shape index (κ1) is 27.4. The molecule has 0 bridgehead atoms. The molecule has 2 aliphatic heterocycles. The number of nitrogens with zero attached hydrogens (tertiary/aromatic N) is 3. The van der Waals surface area contributed by atoms with Gasteiger partial charge in [-0.05, 0) is 82.9 Å². The molecule has 0 unspecified atom stereocenters. The highest BCUT2D eigenvalue weighted by Gasteiger charge is 2.55. The van der Waals surface area contributed by atoms with E-state index < -0.39 is 9.84 Å². The van der Waals surface area contributed by atoms with E-state index >= 15 is 0 Å². The number of carbonyl (C=O) groups excluding carboxylic acids is 2. The first-order valence-electron chi connectivity index (χ1n) is 14.4. The zero-order valence-corrected chi connectivity index (χ0v) is 23.8. The van der Waals surface area contributed by atoms with E-state index in [1.54, 1.807) is 4.90 Å². The second-order valence-electron chi connectivity index (χ2n) is 12.5. The standard InChI is InChI=1S/C29H44N4O4S/c1-31(2)29(25-9-4-3-5-10-25)15-13-28(14-16-29)22-32(27(35)33(28)20-24-7-6-8-24)21-26(34)30-19-23-11-17-38(36,37)18-12-23/h3-5,9-10,23-24H,6-8,11-22H2,1-2H3,(H,30,34)/t28-,29+. The van der Waals surface area contributed by atoms with Crippen LogP contribution < -0.4 is 5.32 Å². The predicted molar refractivity (Wildman–Crippen MR) is 148 cm³/mol. The fraction of sp³-hybridized carbons (Fsp3) is 0.724. The zero-order valence-electron chi connectivity index (χ0n) is 23.0. The third-order valence-corrected chi connectivity index (χ3v) is 11.7. The Morgan fingerprint density at radius 1 is 1.00 bits per heavy atom. The second kappa shape index (κ2) is 10.8. The number of sulfone groups is 1. The molecule has 2 aliphatic carbocycles. The minimum absolute atomic E-state index is 0.00729. The molecule has 1 aromatic rings. The molecule has 3 amide bonds. The van der Waals surface area contributed by atoms with E-state index in [1.807, 2.05) is 0 Å². The smallest absolute Gasteiger partial charge is 0.321 e. The van der Waals surface area contributed by atoms with Crippen molar-refractivity contribution in [2.45, 2.75) is 68.9 Å². The average molecular weight is 545 g/mol. The molecule has 5 rings (SSSR count). The fourth-order valence-electron chi connectivity index (χ4n) is 7.14. The number of amides is 3. The number of hydrogen-bond donors (Lipinski definition) is 1. The average Bonchev–Trinajstić information content (AvgIpc) is 3.11. The number of nitrogens with one attached hydrogen (secondary N) is 1. The van der Waals surface area contributed by atoms with Crippen molar-refractivity contribution in [2.75, 3.05) is 51.8 Å². The molecule has 1 aromatic carbocycles. The van der Waals surface area contributed by atoms with Gasteiger partial charge in [-0.2, -0.15) is 0 Å². The Kier molecular flexibility index (Phi) is 7.80. The minimum Gasteiger partial charge on any atom is -0.354 e. The van der Waals surface area contributed by atoms with Gasteiger partial charge < -0.3 is 15.1 Å². The van der Waals surface area contributed by atoms with Gasteiger partial charge in [0.1, 0.15) is 16.4 Å². The quantitative estimate of drug-likeness (QED) is 0.543. The Bertz CT molecular complexity index is 1100. The van der Waals surface area contributed by atoms with Crippen LogP contribution in [0.4, 0.5) is 4.79 Å². The molecule has 2 heterocycles. The van der Waals surface area contributed by atoms with Gasteiger partial charge in [0, 0.05) is 25.2 Å². The molecule has 1 spiro atoms. The van der Waals surface area contributed by atoms with E-state index in [2.05, 4.69) is 59.5 Å². The molecular weight excluding hydrogens is 500 g/mol. The van der Waals surface area contributed by atoms with E-state index in [9.17, 15) is 18.0 Å². The normalized spacial score (nSPS) is 27.6. The molecule has 38 heavy (non-hydrogen) atoms. The summed E-state index contributed by atoms with van der Waals surface area (Å²) in [7, 11) is 1.41. The van der Waals surface area contributed by atoms with Gasteiger partial charge in [-0.1, -0.05) is 36.8 Å². The SMILES string of the molecule is CN(C)[C@]1(c2ccccc2)CC[C@]2(CC1)CN(CC(=O)NCC1CCS(=O)(=O)CC1)C(=O)N2CC1CCC1. The predicted octanol–water partition coefficient (Wildman–Crippen LogP) is 3.24. The summed E-state index contributed by atoms with van der Waals surface area (Å²) in [5.74, 6) is 1.02. The maximum Gasteiger partial charge on any atom is 0.321 e. The number of carbonyl (C=O) groups is 2. The van der Waals surface area contributed by atoms with Crippen LogP contribution in [0.2, 0.25) is 0 Å². The van der Waals surface area contributed by atoms with Crippen molar-refractivity contribution < 1.29 is 18.0 Å². The number of rotatable bonds is 8. The number of benzene rings is 1. The van der Waals surface area contributed by atoms with Crippen molar-refractivity contribution in [1.82, 2.24) is 20.0 Å². The van der Waals surface area contributed by atoms with Gasteiger partial charge in [-0.25, -0.2) is 13.2 Å². The second-order valence-corrected chi connectivity index (χ2v) is 14.8. The van der Waals surface area contributed by atoms with Crippen LogP contribution >= 0.6 is 0 Å². The Hall–Kier alpha value is -2.13. The van der Waals surface area contributed by atoms with E-state index in [0.717, 1.165) is 32.2 Å². The largest absolute Gasteiger partial charge is 0.354 e. The molecule has 0 radical (unpaired) electrons. The molecule has 1 N–H and O–H groups in total. The molecule has 2 saturated carbocycles. The van der Waals surface area contributed by atoms with E-state index in [-0.39, 0.29) is 47.0 Å². The summed E-state index contributed by atoms with van der Waals surface area (Å²) in [5.41, 5.74) is 1.07. The van der Waals surface area contributed by atoms with Crippen LogP contribution in [0.3, 0.4) is 0 Å². The van der Waals surface area contributed by atoms with Crippen LogP contribution in [0.5, 0.6) is 0 Å². The summed E-state index contributed by atoms with van der Waals surface area (Å²) in [4.78, 5) is 32.9. The monoisotopic (exact) mass is 544 g/mol. The van der Waals surface area contributed by atoms with Gasteiger partial charge in [-0.3, -0.25) is 9.69 Å². The third-order valence-electron chi connectivity index (χ3n) is 10.00. The van der Waals surface area contributed by atoms with Crippen LogP contribution in [0, 0.1) is 11.8 Å². The summed E-state index contributed by atoms with van der Waals surface area (Å²) < 4.78 is 23.4. The summed E-state index contributed by atoms with van der Waals surface area (Å²) in [6, 6.07) is 10.7. The van der Waals surface area contributed by atoms with Gasteiger partial charge in [0.25, 0.3) is 0 Å². The zero-order chi connectivity index (χ0) is 27.0. The van der Waals surface area contributed by atoms with Crippen molar-refractivity contribution in [3.8, 4) is 0 Å². The van der Waals surface area contributed by atoms with Gasteiger partial charge >= 0.3 is 6.03 Å². The lowest BCUT2D eigenvalue weighted by molar-refractivity contribution is -0.121. The van der Waals surface area contributed by atoms with Crippen LogP contribution in [0.25, 0.3) is 0 Å². The highest BCUT2D eigenvalue weighted by molar-refractivity contribution is 7.91. The molecule has 0 atom stereocenters. The van der Waals surface area contributed by atoms with E-state index in [0.29, 0.717) is 31.8 Å². The molecule has 4 aliphatic rings. The van der Waals surface area contributed by atoms with E-state index in [4.69, 9.17) is 0 Å². The lowest BCUT2D eigenvalue weighted by Crippen LogP contribution is -2.56. The summed E-state index contributed by atoms with van der Waals surface area (Å²) in [6.07, 6.45) is 8.60. The van der Waals surface area contributed by atoms with Gasteiger partial charge in [0.2, 0.25) is 5.91 Å². The van der Waals surface area contributed by atoms with Crippen LogP contribution in [-0.4, -0.2) is 92.4 Å². The van der Waals surface area contributed by atoms with Gasteiger partial charge in [-0.15, -0.1) is 0 Å². The summed E-state index contributed by atoms with van der Waals surface area (Å²) >= 11 is 0. The highest BCUT2D eigenvalue weighted by atomic mass is 32.2. The molecule has 8 nitrogen and oxygen atoms in total. The first-order chi connectivity index (χ1) is 18.1. The topological polar surface area (TPSA) is 90.0 Å². The fourth-order valence-corrected chi connectivity index (χ4v) is 8.73. The van der Waals surface area contributed by atoms with Gasteiger partial charge in [0.05, 0.1) is 17.0 Å². The van der Waals surface area contributed by atoms with Crippen molar-refractivity contribution in [2.24, 2.45) is 11.8 Å². The molecule has 2 saturated heterocycles. The Morgan fingerprint density at radius 3 is 2.24 bits per heavy atom. The maximum atomic E-state index is 13.7. The lowest BCUT2D eigenvalue weighted by atomic mass is 9.68. The lowest BCUT2D eigenvalue weighted by Gasteiger charge is -2.51. The van der Waals surface area contributed by atoms with Crippen molar-refractivity contribution >= 4 is 21.8 Å². The number of hydrogen-bond acceptors (Lipinski definition) is 5. The van der Waals surface area contributed by atoms with Crippen LogP contribution in [0.1, 0.15) is 63.4 Å².